The van der Waals surface area contributed by atoms with Gasteiger partial charge in [0.2, 0.25) is 5.76 Å². The van der Waals surface area contributed by atoms with Gasteiger partial charge in [0.05, 0.1) is 19.3 Å². The van der Waals surface area contributed by atoms with Crippen LogP contribution in [-0.4, -0.2) is 56.2 Å². The van der Waals surface area contributed by atoms with Gasteiger partial charge in [-0.1, -0.05) is 0 Å². The molecule has 0 N–H and O–H groups in total. The van der Waals surface area contributed by atoms with Gasteiger partial charge in [-0.2, -0.15) is 0 Å². The summed E-state index contributed by atoms with van der Waals surface area (Å²) in [6.45, 7) is 3.43. The van der Waals surface area contributed by atoms with E-state index in [0.29, 0.717) is 23.9 Å². The van der Waals surface area contributed by atoms with E-state index in [1.54, 1.807) is 11.0 Å². The number of amides is 1. The fraction of sp³-hybridized carbons (Fsp3) is 0.435. The Balaban J connectivity index is 1.60. The van der Waals surface area contributed by atoms with Crippen LogP contribution in [0, 0.1) is 0 Å². The number of ether oxygens (including phenoxy) is 4. The van der Waals surface area contributed by atoms with E-state index in [-0.39, 0.29) is 30.4 Å². The van der Waals surface area contributed by atoms with Crippen molar-refractivity contribution in [2.24, 2.45) is 0 Å². The first-order valence-electron chi connectivity index (χ1n) is 10.5. The zero-order valence-electron chi connectivity index (χ0n) is 18.3. The van der Waals surface area contributed by atoms with Gasteiger partial charge in [0.15, 0.2) is 18.1 Å². The van der Waals surface area contributed by atoms with Crippen LogP contribution in [0.1, 0.15) is 52.9 Å². The molecule has 3 rings (SSSR count). The van der Waals surface area contributed by atoms with Crippen molar-refractivity contribution in [3.63, 3.8) is 0 Å². The number of benzene rings is 1. The Hall–Kier alpha value is -3.49. The summed E-state index contributed by atoms with van der Waals surface area (Å²) in [5, 5.41) is 0. The molecule has 0 unspecified atom stereocenters. The predicted molar refractivity (Wildman–Crippen MR) is 113 cm³/mol. The average Bonchev–Trinajstić information content (AvgIpc) is 3.31. The SMILES string of the molecule is CCOc1cc(C(=O)OCc2ccc(C(=O)OC)o2)ccc1OCC(=O)N1CCCCC1. The van der Waals surface area contributed by atoms with Crippen LogP contribution < -0.4 is 9.47 Å². The third-order valence-electron chi connectivity index (χ3n) is 4.93. The highest BCUT2D eigenvalue weighted by Gasteiger charge is 2.19. The lowest BCUT2D eigenvalue weighted by molar-refractivity contribution is -0.134. The zero-order valence-corrected chi connectivity index (χ0v) is 18.3. The van der Waals surface area contributed by atoms with Gasteiger partial charge in [0.25, 0.3) is 5.91 Å². The minimum absolute atomic E-state index is 0.0257. The number of carbonyl (C=O) groups excluding carboxylic acids is 3. The van der Waals surface area contributed by atoms with E-state index in [4.69, 9.17) is 18.6 Å². The molecule has 1 aliphatic heterocycles. The Morgan fingerprint density at radius 2 is 1.75 bits per heavy atom. The highest BCUT2D eigenvalue weighted by Crippen LogP contribution is 2.29. The second-order valence-corrected chi connectivity index (χ2v) is 7.16. The quantitative estimate of drug-likeness (QED) is 0.542. The van der Waals surface area contributed by atoms with E-state index < -0.39 is 11.9 Å². The van der Waals surface area contributed by atoms with Crippen molar-refractivity contribution >= 4 is 17.8 Å². The molecule has 32 heavy (non-hydrogen) atoms. The van der Waals surface area contributed by atoms with Crippen LogP contribution in [0.2, 0.25) is 0 Å². The number of piperidine rings is 1. The maximum absolute atomic E-state index is 12.4. The third kappa shape index (κ3) is 6.03. The minimum Gasteiger partial charge on any atom is -0.490 e. The van der Waals surface area contributed by atoms with Gasteiger partial charge in [0, 0.05) is 13.1 Å². The standard InChI is InChI=1S/C23H27NO8/c1-3-29-20-13-16(22(26)31-14-17-8-10-19(32-17)23(27)28-2)7-9-18(20)30-15-21(25)24-11-5-4-6-12-24/h7-10,13H,3-6,11-12,14-15H2,1-2H3. The highest BCUT2D eigenvalue weighted by molar-refractivity contribution is 5.90. The number of furan rings is 1. The van der Waals surface area contributed by atoms with Gasteiger partial charge in [0.1, 0.15) is 12.4 Å². The molecule has 2 aromatic rings. The molecule has 0 radical (unpaired) electrons. The summed E-state index contributed by atoms with van der Waals surface area (Å²) in [4.78, 5) is 38.0. The molecule has 172 valence electrons. The van der Waals surface area contributed by atoms with E-state index in [0.717, 1.165) is 32.4 Å². The number of carbonyl (C=O) groups is 3. The molecule has 1 fully saturated rings. The van der Waals surface area contributed by atoms with E-state index in [1.165, 1.54) is 31.4 Å². The predicted octanol–water partition coefficient (Wildman–Crippen LogP) is 3.21. The minimum atomic E-state index is -0.613. The molecule has 1 aromatic carbocycles. The summed E-state index contributed by atoms with van der Waals surface area (Å²) < 4.78 is 26.4. The first kappa shape index (κ1) is 23.2. The number of rotatable bonds is 9. The maximum Gasteiger partial charge on any atom is 0.373 e. The summed E-state index contributed by atoms with van der Waals surface area (Å²) >= 11 is 0. The molecule has 0 aliphatic carbocycles. The molecule has 1 saturated heterocycles. The fourth-order valence-electron chi connectivity index (χ4n) is 3.28. The molecule has 0 spiro atoms. The molecule has 1 amide bonds. The van der Waals surface area contributed by atoms with Gasteiger partial charge in [-0.05, 0) is 56.5 Å². The van der Waals surface area contributed by atoms with Gasteiger partial charge >= 0.3 is 11.9 Å². The van der Waals surface area contributed by atoms with Crippen molar-refractivity contribution in [2.45, 2.75) is 32.8 Å². The lowest BCUT2D eigenvalue weighted by atomic mass is 10.1. The van der Waals surface area contributed by atoms with Crippen molar-refractivity contribution in [1.29, 1.82) is 0 Å². The number of hydrogen-bond donors (Lipinski definition) is 0. The second kappa shape index (κ2) is 11.2. The van der Waals surface area contributed by atoms with Crippen LogP contribution in [0.25, 0.3) is 0 Å². The molecule has 1 aliphatic rings. The van der Waals surface area contributed by atoms with E-state index >= 15 is 0 Å². The number of methoxy groups -OCH3 is 1. The summed E-state index contributed by atoms with van der Waals surface area (Å²) in [5.74, 6) is -0.226. The number of likely N-dealkylation sites (tertiary alicyclic amines) is 1. The van der Waals surface area contributed by atoms with Crippen molar-refractivity contribution < 1.29 is 37.7 Å². The zero-order chi connectivity index (χ0) is 22.9. The lowest BCUT2D eigenvalue weighted by Gasteiger charge is -2.26. The average molecular weight is 445 g/mol. The molecule has 0 atom stereocenters. The van der Waals surface area contributed by atoms with Crippen LogP contribution in [0.4, 0.5) is 0 Å². The molecule has 9 heteroatoms. The normalized spacial score (nSPS) is 13.4. The Kier molecular flexibility index (Phi) is 8.13. The Morgan fingerprint density at radius 1 is 0.969 bits per heavy atom. The monoisotopic (exact) mass is 445 g/mol. The molecule has 9 nitrogen and oxygen atoms in total. The van der Waals surface area contributed by atoms with Crippen molar-refractivity contribution in [1.82, 2.24) is 4.90 Å². The fourth-order valence-corrected chi connectivity index (χ4v) is 3.28. The molecular formula is C23H27NO8. The smallest absolute Gasteiger partial charge is 0.373 e. The number of nitrogens with zero attached hydrogens (tertiary/aromatic N) is 1. The van der Waals surface area contributed by atoms with Gasteiger partial charge in [-0.3, -0.25) is 4.79 Å². The number of esters is 2. The van der Waals surface area contributed by atoms with Crippen LogP contribution >= 0.6 is 0 Å². The summed E-state index contributed by atoms with van der Waals surface area (Å²) in [7, 11) is 1.25. The second-order valence-electron chi connectivity index (χ2n) is 7.16. The van der Waals surface area contributed by atoms with E-state index in [2.05, 4.69) is 4.74 Å². The van der Waals surface area contributed by atoms with Crippen LogP contribution in [0.3, 0.4) is 0 Å². The lowest BCUT2D eigenvalue weighted by Crippen LogP contribution is -2.38. The van der Waals surface area contributed by atoms with Crippen molar-refractivity contribution in [2.75, 3.05) is 33.4 Å². The van der Waals surface area contributed by atoms with Crippen LogP contribution in [0.5, 0.6) is 11.5 Å². The summed E-state index contributed by atoms with van der Waals surface area (Å²) in [6, 6.07) is 7.59. The van der Waals surface area contributed by atoms with Gasteiger partial charge in [-0.25, -0.2) is 9.59 Å². The first-order chi connectivity index (χ1) is 15.5. The Morgan fingerprint density at radius 3 is 2.47 bits per heavy atom. The van der Waals surface area contributed by atoms with E-state index in [9.17, 15) is 14.4 Å². The van der Waals surface area contributed by atoms with E-state index in [1.807, 2.05) is 6.92 Å². The Labute approximate surface area is 186 Å². The summed E-state index contributed by atoms with van der Waals surface area (Å²) in [5.41, 5.74) is 0.253. The third-order valence-corrected chi connectivity index (χ3v) is 4.93. The van der Waals surface area contributed by atoms with Gasteiger partial charge in [-0.15, -0.1) is 0 Å². The summed E-state index contributed by atoms with van der Waals surface area (Å²) in [6.07, 6.45) is 3.16. The maximum atomic E-state index is 12.4. The van der Waals surface area contributed by atoms with Gasteiger partial charge < -0.3 is 28.3 Å². The topological polar surface area (TPSA) is 105 Å². The molecule has 0 saturated carbocycles. The molecular weight excluding hydrogens is 418 g/mol. The van der Waals surface area contributed by atoms with Crippen LogP contribution in [-0.2, 0) is 20.9 Å². The van der Waals surface area contributed by atoms with Crippen LogP contribution in [0.15, 0.2) is 34.7 Å². The number of hydrogen-bond acceptors (Lipinski definition) is 8. The molecule has 1 aromatic heterocycles. The Bertz CT molecular complexity index is 945. The van der Waals surface area contributed by atoms with Crippen molar-refractivity contribution in [3.05, 3.63) is 47.4 Å². The van der Waals surface area contributed by atoms with Crippen molar-refractivity contribution in [3.8, 4) is 11.5 Å². The largest absolute Gasteiger partial charge is 0.490 e. The molecule has 2 heterocycles. The molecule has 0 bridgehead atoms. The first-order valence-corrected chi connectivity index (χ1v) is 10.5. The highest BCUT2D eigenvalue weighted by atomic mass is 16.6.